The molecule has 0 radical (unpaired) electrons. The van der Waals surface area contributed by atoms with Crippen molar-refractivity contribution in [1.82, 2.24) is 14.6 Å². The van der Waals surface area contributed by atoms with Gasteiger partial charge < -0.3 is 5.32 Å². The summed E-state index contributed by atoms with van der Waals surface area (Å²) in [6, 6.07) is 13.6. The van der Waals surface area contributed by atoms with Crippen LogP contribution in [0.1, 0.15) is 5.56 Å². The monoisotopic (exact) mass is 444 g/mol. The Bertz CT molecular complexity index is 1080. The van der Waals surface area contributed by atoms with Crippen LogP contribution in [0.3, 0.4) is 0 Å². The number of anilines is 1. The lowest BCUT2D eigenvalue weighted by atomic mass is 10.1. The van der Waals surface area contributed by atoms with Gasteiger partial charge >= 0.3 is 0 Å². The smallest absolute Gasteiger partial charge is 0.222 e. The number of hydrogen-bond acceptors (Lipinski definition) is 4. The zero-order valence-corrected chi connectivity index (χ0v) is 16.8. The lowest BCUT2D eigenvalue weighted by molar-refractivity contribution is -0.885. The maximum Gasteiger partial charge on any atom is 0.222 e. The molecule has 136 valence electrons. The fourth-order valence-electron chi connectivity index (χ4n) is 2.71. The van der Waals surface area contributed by atoms with E-state index in [0.29, 0.717) is 11.6 Å². The summed E-state index contributed by atoms with van der Waals surface area (Å²) in [4.78, 5) is 9.85. The number of aromatic nitrogens is 4. The van der Waals surface area contributed by atoms with E-state index in [2.05, 4.69) is 26.3 Å². The van der Waals surface area contributed by atoms with Gasteiger partial charge in [0.05, 0.1) is 16.4 Å². The Hall–Kier alpha value is -2.64. The predicted octanol–water partition coefficient (Wildman–Crippen LogP) is 3.77. The van der Waals surface area contributed by atoms with Gasteiger partial charge in [0.25, 0.3) is 0 Å². The molecule has 0 atom stereocenters. The first-order valence-corrected chi connectivity index (χ1v) is 9.40. The van der Waals surface area contributed by atoms with Gasteiger partial charge in [-0.2, -0.15) is 9.61 Å². The Morgan fingerprint density at radius 3 is 2.63 bits per heavy atom. The van der Waals surface area contributed by atoms with E-state index < -0.39 is 0 Å². The summed E-state index contributed by atoms with van der Waals surface area (Å²) in [6.45, 7) is 0.640. The number of rotatable bonds is 5. The number of hydrogen-bond donors (Lipinski definition) is 1. The average Bonchev–Trinajstić information content (AvgIpc) is 3.08. The van der Waals surface area contributed by atoms with Crippen LogP contribution in [0.25, 0.3) is 16.9 Å². The van der Waals surface area contributed by atoms with Gasteiger partial charge in [-0.1, -0.05) is 23.7 Å². The molecule has 0 aliphatic heterocycles. The van der Waals surface area contributed by atoms with Crippen LogP contribution in [-0.4, -0.2) is 21.7 Å². The van der Waals surface area contributed by atoms with Gasteiger partial charge in [-0.25, -0.2) is 4.98 Å². The predicted molar refractivity (Wildman–Crippen MR) is 108 cm³/mol. The van der Waals surface area contributed by atoms with E-state index in [1.165, 1.54) is 0 Å². The highest BCUT2D eigenvalue weighted by Crippen LogP contribution is 2.27. The number of halogens is 2. The van der Waals surface area contributed by atoms with Crippen LogP contribution in [0.2, 0.25) is 5.02 Å². The molecule has 1 N–H and O–H groups in total. The second-order valence-corrected chi connectivity index (χ2v) is 7.15. The number of nitrogens with zero attached hydrogens (tertiary/aromatic N) is 4. The minimum atomic E-state index is 0.640. The summed E-state index contributed by atoms with van der Waals surface area (Å²) >= 11 is 9.53. The van der Waals surface area contributed by atoms with Crippen LogP contribution in [0.4, 0.5) is 5.82 Å². The second-order valence-electron chi connectivity index (χ2n) is 5.86. The summed E-state index contributed by atoms with van der Waals surface area (Å²) in [5.74, 6) is 0.846. The van der Waals surface area contributed by atoms with Gasteiger partial charge in [0.15, 0.2) is 5.65 Å². The molecule has 4 aromatic rings. The summed E-state index contributed by atoms with van der Waals surface area (Å²) in [5, 5.41) is 8.54. The fourth-order valence-corrected chi connectivity index (χ4v) is 3.18. The topological polar surface area (TPSA) is 55.3 Å². The number of fused-ring (bicyclic) bond motifs is 1. The molecule has 0 fully saturated rings. The largest absolute Gasteiger partial charge is 0.366 e. The van der Waals surface area contributed by atoms with Crippen LogP contribution < -0.4 is 14.9 Å². The molecule has 3 heterocycles. The first-order valence-electron chi connectivity index (χ1n) is 8.23. The molecule has 4 rings (SSSR count). The third-order valence-corrected chi connectivity index (χ3v) is 4.94. The van der Waals surface area contributed by atoms with Crippen molar-refractivity contribution in [3.8, 4) is 11.3 Å². The molecule has 0 bridgehead atoms. The number of benzene rings is 1. The minimum Gasteiger partial charge on any atom is -0.366 e. The zero-order chi connectivity index (χ0) is 18.8. The SMILES string of the molecule is CO[n+]1ccc(CNc2cc(-c3ccc(Cl)cc3)nc3c(Br)cnn23)cc1. The van der Waals surface area contributed by atoms with Crippen LogP contribution in [0.15, 0.2) is 65.5 Å². The number of nitrogens with one attached hydrogen (secondary N) is 1. The van der Waals surface area contributed by atoms with Gasteiger partial charge in [0.1, 0.15) is 12.9 Å². The lowest BCUT2D eigenvalue weighted by Crippen LogP contribution is -2.39. The Labute approximate surface area is 169 Å². The summed E-state index contributed by atoms with van der Waals surface area (Å²) < 4.78 is 4.25. The minimum absolute atomic E-state index is 0.640. The van der Waals surface area contributed by atoms with E-state index in [0.717, 1.165) is 32.8 Å². The van der Waals surface area contributed by atoms with E-state index in [9.17, 15) is 0 Å². The van der Waals surface area contributed by atoms with Crippen molar-refractivity contribution >= 4 is 39.0 Å². The Morgan fingerprint density at radius 1 is 1.19 bits per heavy atom. The van der Waals surface area contributed by atoms with Crippen LogP contribution in [-0.2, 0) is 6.54 Å². The highest BCUT2D eigenvalue weighted by molar-refractivity contribution is 9.10. The molecule has 0 spiro atoms. The molecule has 0 aliphatic rings. The van der Waals surface area contributed by atoms with Crippen molar-refractivity contribution in [3.63, 3.8) is 0 Å². The molecule has 27 heavy (non-hydrogen) atoms. The normalized spacial score (nSPS) is 10.9. The fraction of sp³-hybridized carbons (Fsp3) is 0.105. The zero-order valence-electron chi connectivity index (χ0n) is 14.4. The van der Waals surface area contributed by atoms with Gasteiger partial charge in [0.2, 0.25) is 12.4 Å². The standard InChI is InChI=1S/C19H16BrClN5O/c1-27-25-8-6-13(7-9-25)11-22-18-10-17(14-2-4-15(21)5-3-14)24-19-16(20)12-23-26(18)19/h2-10,12,22H,11H2,1H3/q+1. The highest BCUT2D eigenvalue weighted by Gasteiger charge is 2.12. The third-order valence-electron chi connectivity index (χ3n) is 4.12. The van der Waals surface area contributed by atoms with Crippen LogP contribution >= 0.6 is 27.5 Å². The molecule has 0 saturated carbocycles. The lowest BCUT2D eigenvalue weighted by Gasteiger charge is -2.11. The summed E-state index contributed by atoms with van der Waals surface area (Å²) in [6.07, 6.45) is 5.47. The van der Waals surface area contributed by atoms with E-state index in [1.54, 1.807) is 22.6 Å². The van der Waals surface area contributed by atoms with Crippen molar-refractivity contribution in [2.45, 2.75) is 6.54 Å². The van der Waals surface area contributed by atoms with E-state index in [-0.39, 0.29) is 0 Å². The van der Waals surface area contributed by atoms with E-state index in [4.69, 9.17) is 21.4 Å². The van der Waals surface area contributed by atoms with Gasteiger partial charge in [0, 0.05) is 40.1 Å². The van der Waals surface area contributed by atoms with E-state index >= 15 is 0 Å². The molecule has 6 nitrogen and oxygen atoms in total. The number of pyridine rings is 1. The van der Waals surface area contributed by atoms with Gasteiger partial charge in [-0.3, -0.25) is 4.84 Å². The maximum absolute atomic E-state index is 6.01. The second kappa shape index (κ2) is 7.54. The molecule has 0 unspecified atom stereocenters. The van der Waals surface area contributed by atoms with Crippen molar-refractivity contribution in [2.24, 2.45) is 0 Å². The van der Waals surface area contributed by atoms with Crippen molar-refractivity contribution < 1.29 is 9.57 Å². The molecule has 0 amide bonds. The molecule has 1 aromatic carbocycles. The molecule has 0 aliphatic carbocycles. The van der Waals surface area contributed by atoms with Gasteiger partial charge in [-0.05, 0) is 33.6 Å². The van der Waals surface area contributed by atoms with Crippen molar-refractivity contribution in [3.05, 3.63) is 76.1 Å². The first-order chi connectivity index (χ1) is 13.1. The quantitative estimate of drug-likeness (QED) is 0.475. The van der Waals surface area contributed by atoms with Gasteiger partial charge in [-0.15, -0.1) is 0 Å². The molecular formula is C19H16BrClN5O+. The summed E-state index contributed by atoms with van der Waals surface area (Å²) in [5.41, 5.74) is 3.69. The highest BCUT2D eigenvalue weighted by atomic mass is 79.9. The average molecular weight is 446 g/mol. The van der Waals surface area contributed by atoms with Crippen molar-refractivity contribution in [2.75, 3.05) is 12.4 Å². The molecule has 8 heteroatoms. The Balaban J connectivity index is 1.68. The van der Waals surface area contributed by atoms with Crippen LogP contribution in [0, 0.1) is 0 Å². The van der Waals surface area contributed by atoms with E-state index in [1.807, 2.05) is 54.9 Å². The molecule has 0 saturated heterocycles. The maximum atomic E-state index is 6.01. The summed E-state index contributed by atoms with van der Waals surface area (Å²) in [7, 11) is 1.62. The molecule has 3 aromatic heterocycles. The Kier molecular flexibility index (Phi) is 4.96. The Morgan fingerprint density at radius 2 is 1.93 bits per heavy atom. The van der Waals surface area contributed by atoms with Crippen LogP contribution in [0.5, 0.6) is 0 Å². The molecular weight excluding hydrogens is 430 g/mol. The third kappa shape index (κ3) is 3.74. The van der Waals surface area contributed by atoms with Crippen molar-refractivity contribution in [1.29, 1.82) is 0 Å². The first kappa shape index (κ1) is 17.8.